The minimum absolute atomic E-state index is 0.276. The Hall–Kier alpha value is -0.840. The Morgan fingerprint density at radius 3 is 2.83 bits per heavy atom. The van der Waals surface area contributed by atoms with Crippen molar-refractivity contribution in [3.63, 3.8) is 0 Å². The van der Waals surface area contributed by atoms with Crippen molar-refractivity contribution in [3.8, 4) is 6.01 Å². The van der Waals surface area contributed by atoms with Crippen LogP contribution in [0.25, 0.3) is 0 Å². The molecule has 0 atom stereocenters. The van der Waals surface area contributed by atoms with Crippen LogP contribution in [0.3, 0.4) is 0 Å². The quantitative estimate of drug-likeness (QED) is 0.735. The van der Waals surface area contributed by atoms with Gasteiger partial charge in [0, 0.05) is 6.04 Å². The normalized spacial score (nSPS) is 10.7. The summed E-state index contributed by atoms with van der Waals surface area (Å²) in [5, 5.41) is 6.64. The van der Waals surface area contributed by atoms with Gasteiger partial charge in [0.05, 0.1) is 6.61 Å². The molecule has 5 heteroatoms. The second kappa shape index (κ2) is 3.71. The molecular weight excluding hydrogens is 174 g/mol. The highest BCUT2D eigenvalue weighted by Gasteiger charge is 2.08. The lowest BCUT2D eigenvalue weighted by molar-refractivity contribution is 0.288. The fraction of sp³-hybridized carbons (Fsp3) is 0.714. The van der Waals surface area contributed by atoms with Gasteiger partial charge in [0.25, 0.3) is 0 Å². The number of nitrogens with one attached hydrogen (secondary N) is 1. The Morgan fingerprint density at radius 1 is 1.67 bits per heavy atom. The number of aromatic nitrogens is 3. The fourth-order valence-electron chi connectivity index (χ4n) is 0.977. The van der Waals surface area contributed by atoms with E-state index in [2.05, 4.69) is 10.2 Å². The van der Waals surface area contributed by atoms with Gasteiger partial charge in [-0.1, -0.05) is 0 Å². The van der Waals surface area contributed by atoms with Crippen LogP contribution >= 0.6 is 12.2 Å². The zero-order valence-corrected chi connectivity index (χ0v) is 8.31. The summed E-state index contributed by atoms with van der Waals surface area (Å²) in [5.41, 5.74) is 0. The molecule has 0 unspecified atom stereocenters. The lowest BCUT2D eigenvalue weighted by atomic mass is 10.4. The summed E-state index contributed by atoms with van der Waals surface area (Å²) in [4.78, 5) is 0. The monoisotopic (exact) mass is 187 g/mol. The first-order valence-electron chi connectivity index (χ1n) is 3.96. The Morgan fingerprint density at radius 2 is 2.33 bits per heavy atom. The highest BCUT2D eigenvalue weighted by Crippen LogP contribution is 2.14. The highest BCUT2D eigenvalue weighted by molar-refractivity contribution is 7.71. The molecule has 0 spiro atoms. The molecule has 0 bridgehead atoms. The van der Waals surface area contributed by atoms with Gasteiger partial charge >= 0.3 is 6.01 Å². The van der Waals surface area contributed by atoms with Crippen molar-refractivity contribution in [2.45, 2.75) is 26.8 Å². The molecule has 4 nitrogen and oxygen atoms in total. The SMILES string of the molecule is CCOc1n[nH]c(=S)n1C(C)C. The van der Waals surface area contributed by atoms with E-state index in [0.29, 0.717) is 17.4 Å². The lowest BCUT2D eigenvalue weighted by Crippen LogP contribution is -2.05. The minimum atomic E-state index is 0.276. The molecule has 0 radical (unpaired) electrons. The predicted octanol–water partition coefficient (Wildman–Crippen LogP) is 1.92. The number of H-pyrrole nitrogens is 1. The highest BCUT2D eigenvalue weighted by atomic mass is 32.1. The predicted molar refractivity (Wildman–Crippen MR) is 49.0 cm³/mol. The molecule has 68 valence electrons. The molecule has 1 N–H and O–H groups in total. The van der Waals surface area contributed by atoms with Crippen molar-refractivity contribution in [3.05, 3.63) is 4.77 Å². The lowest BCUT2D eigenvalue weighted by Gasteiger charge is -2.08. The van der Waals surface area contributed by atoms with Crippen molar-refractivity contribution in [1.82, 2.24) is 14.8 Å². The van der Waals surface area contributed by atoms with E-state index in [1.807, 2.05) is 25.3 Å². The van der Waals surface area contributed by atoms with Gasteiger partial charge in [-0.3, -0.25) is 4.57 Å². The van der Waals surface area contributed by atoms with Gasteiger partial charge in [-0.05, 0) is 33.0 Å². The number of hydrogen-bond donors (Lipinski definition) is 1. The maximum absolute atomic E-state index is 5.27. The summed E-state index contributed by atoms with van der Waals surface area (Å²) < 4.78 is 7.72. The molecule has 0 aliphatic heterocycles. The molecule has 0 aliphatic carbocycles. The Kier molecular flexibility index (Phi) is 2.86. The molecule has 1 rings (SSSR count). The molecule has 1 heterocycles. The second-order valence-corrected chi connectivity index (χ2v) is 3.09. The maximum atomic E-state index is 5.27. The summed E-state index contributed by atoms with van der Waals surface area (Å²) in [5.74, 6) is 0. The molecule has 0 saturated heterocycles. The zero-order valence-electron chi connectivity index (χ0n) is 7.50. The minimum Gasteiger partial charge on any atom is -0.464 e. The van der Waals surface area contributed by atoms with Crippen LogP contribution in [0.2, 0.25) is 0 Å². The van der Waals surface area contributed by atoms with E-state index in [1.54, 1.807) is 0 Å². The first-order chi connectivity index (χ1) is 5.66. The zero-order chi connectivity index (χ0) is 9.14. The number of ether oxygens (including phenoxy) is 1. The van der Waals surface area contributed by atoms with E-state index in [0.717, 1.165) is 0 Å². The molecule has 0 aromatic carbocycles. The Balaban J connectivity index is 3.04. The Labute approximate surface area is 76.6 Å². The number of nitrogens with zero attached hydrogens (tertiary/aromatic N) is 2. The fourth-order valence-corrected chi connectivity index (χ4v) is 1.31. The van der Waals surface area contributed by atoms with Gasteiger partial charge in [-0.25, -0.2) is 5.10 Å². The molecular formula is C7H13N3OS. The van der Waals surface area contributed by atoms with Gasteiger partial charge in [-0.15, -0.1) is 5.10 Å². The van der Waals surface area contributed by atoms with Crippen LogP contribution in [0.15, 0.2) is 0 Å². The van der Waals surface area contributed by atoms with E-state index >= 15 is 0 Å². The average molecular weight is 187 g/mol. The van der Waals surface area contributed by atoms with Crippen LogP contribution in [0.5, 0.6) is 6.01 Å². The number of rotatable bonds is 3. The van der Waals surface area contributed by atoms with Crippen LogP contribution in [0.1, 0.15) is 26.8 Å². The Bertz CT molecular complexity index is 302. The van der Waals surface area contributed by atoms with Crippen molar-refractivity contribution in [2.24, 2.45) is 0 Å². The molecule has 0 aliphatic rings. The van der Waals surface area contributed by atoms with Crippen LogP contribution in [0.4, 0.5) is 0 Å². The van der Waals surface area contributed by atoms with E-state index in [-0.39, 0.29) is 6.04 Å². The molecule has 12 heavy (non-hydrogen) atoms. The summed E-state index contributed by atoms with van der Waals surface area (Å²) in [7, 11) is 0. The van der Waals surface area contributed by atoms with Crippen molar-refractivity contribution in [1.29, 1.82) is 0 Å². The van der Waals surface area contributed by atoms with Gasteiger partial charge in [0.1, 0.15) is 0 Å². The molecule has 1 aromatic rings. The van der Waals surface area contributed by atoms with Gasteiger partial charge in [0.15, 0.2) is 4.77 Å². The molecule has 0 fully saturated rings. The van der Waals surface area contributed by atoms with E-state index in [4.69, 9.17) is 17.0 Å². The number of aromatic amines is 1. The molecule has 0 amide bonds. The third-order valence-electron chi connectivity index (χ3n) is 1.46. The summed E-state index contributed by atoms with van der Waals surface area (Å²) in [6.07, 6.45) is 0. The van der Waals surface area contributed by atoms with Crippen LogP contribution in [0, 0.1) is 4.77 Å². The van der Waals surface area contributed by atoms with Gasteiger partial charge in [-0.2, -0.15) is 0 Å². The topological polar surface area (TPSA) is 42.8 Å². The van der Waals surface area contributed by atoms with Crippen LogP contribution in [-0.2, 0) is 0 Å². The van der Waals surface area contributed by atoms with Crippen LogP contribution in [-0.4, -0.2) is 21.4 Å². The van der Waals surface area contributed by atoms with Gasteiger partial charge in [0.2, 0.25) is 0 Å². The molecule has 1 aromatic heterocycles. The third-order valence-corrected chi connectivity index (χ3v) is 1.75. The first-order valence-corrected chi connectivity index (χ1v) is 4.37. The first kappa shape index (κ1) is 9.25. The third kappa shape index (κ3) is 1.66. The maximum Gasteiger partial charge on any atom is 0.316 e. The molecule has 0 saturated carbocycles. The summed E-state index contributed by atoms with van der Waals surface area (Å²) in [6, 6.07) is 0.843. The standard InChI is InChI=1S/C7H13N3OS/c1-4-11-6-8-9-7(12)10(6)5(2)3/h5H,4H2,1-3H3,(H,9,12). The average Bonchev–Trinajstić information content (AvgIpc) is 2.32. The van der Waals surface area contributed by atoms with Gasteiger partial charge < -0.3 is 4.74 Å². The van der Waals surface area contributed by atoms with E-state index in [1.165, 1.54) is 0 Å². The van der Waals surface area contributed by atoms with E-state index < -0.39 is 0 Å². The van der Waals surface area contributed by atoms with Crippen molar-refractivity contribution >= 4 is 12.2 Å². The number of hydrogen-bond acceptors (Lipinski definition) is 3. The summed E-state index contributed by atoms with van der Waals surface area (Å²) >= 11 is 5.03. The van der Waals surface area contributed by atoms with Crippen molar-refractivity contribution in [2.75, 3.05) is 6.61 Å². The van der Waals surface area contributed by atoms with Crippen LogP contribution < -0.4 is 4.74 Å². The summed E-state index contributed by atoms with van der Waals surface area (Å²) in [6.45, 7) is 6.59. The van der Waals surface area contributed by atoms with E-state index in [9.17, 15) is 0 Å². The smallest absolute Gasteiger partial charge is 0.316 e. The van der Waals surface area contributed by atoms with Crippen molar-refractivity contribution < 1.29 is 4.74 Å². The second-order valence-electron chi connectivity index (χ2n) is 2.71. The largest absolute Gasteiger partial charge is 0.464 e.